The van der Waals surface area contributed by atoms with Crippen molar-refractivity contribution in [1.29, 1.82) is 0 Å². The van der Waals surface area contributed by atoms with E-state index in [-0.39, 0.29) is 11.7 Å². The molecule has 1 aromatic heterocycles. The molecule has 1 aliphatic carbocycles. The summed E-state index contributed by atoms with van der Waals surface area (Å²) in [6.45, 7) is 0.434. The predicted molar refractivity (Wildman–Crippen MR) is 60.4 cm³/mol. The minimum Gasteiger partial charge on any atom is -0.380 e. The number of nitrogens with two attached hydrogens (primary N) is 1. The van der Waals surface area contributed by atoms with Crippen molar-refractivity contribution in [2.24, 2.45) is 5.73 Å². The predicted octanol–water partition coefficient (Wildman–Crippen LogP) is 0.611. The van der Waals surface area contributed by atoms with Crippen LogP contribution in [0.4, 0.5) is 0 Å². The first kappa shape index (κ1) is 12.5. The van der Waals surface area contributed by atoms with Gasteiger partial charge in [0.2, 0.25) is 11.7 Å². The summed E-state index contributed by atoms with van der Waals surface area (Å²) in [6, 6.07) is 0. The molecule has 1 heterocycles. The fraction of sp³-hybridized carbons (Fsp3) is 0.818. The van der Waals surface area contributed by atoms with E-state index in [0.29, 0.717) is 24.7 Å². The number of hydrogen-bond donors (Lipinski definition) is 1. The Morgan fingerprint density at radius 2 is 2.24 bits per heavy atom. The molecule has 2 N–H and O–H groups in total. The van der Waals surface area contributed by atoms with E-state index < -0.39 is 0 Å². The molecule has 1 fully saturated rings. The Hall–Kier alpha value is -0.980. The molecule has 0 spiro atoms. The van der Waals surface area contributed by atoms with E-state index in [4.69, 9.17) is 19.7 Å². The highest BCUT2D eigenvalue weighted by molar-refractivity contribution is 5.06. The van der Waals surface area contributed by atoms with Gasteiger partial charge in [-0.25, -0.2) is 0 Å². The fourth-order valence-electron chi connectivity index (χ4n) is 2.00. The second kappa shape index (κ2) is 5.12. The largest absolute Gasteiger partial charge is 0.380 e. The molecule has 0 radical (unpaired) electrons. The van der Waals surface area contributed by atoms with Gasteiger partial charge in [0.15, 0.2) is 0 Å². The van der Waals surface area contributed by atoms with Gasteiger partial charge in [-0.05, 0) is 19.3 Å². The number of methoxy groups -OCH3 is 2. The molecule has 0 bridgehead atoms. The zero-order valence-corrected chi connectivity index (χ0v) is 10.3. The van der Waals surface area contributed by atoms with Crippen LogP contribution >= 0.6 is 0 Å². The summed E-state index contributed by atoms with van der Waals surface area (Å²) in [5.74, 6) is 1.20. The van der Waals surface area contributed by atoms with Crippen molar-refractivity contribution in [3.63, 3.8) is 0 Å². The summed E-state index contributed by atoms with van der Waals surface area (Å²) in [5.41, 5.74) is 5.22. The zero-order chi connectivity index (χ0) is 12.3. The molecular formula is C11H19N3O3. The maximum Gasteiger partial charge on any atom is 0.229 e. The SMILES string of the molecule is COC(CN)Cc1nc(C2(OC)CCC2)no1. The monoisotopic (exact) mass is 241 g/mol. The lowest BCUT2D eigenvalue weighted by molar-refractivity contribution is -0.0858. The van der Waals surface area contributed by atoms with Gasteiger partial charge in [-0.2, -0.15) is 4.98 Å². The van der Waals surface area contributed by atoms with Crippen LogP contribution in [0.2, 0.25) is 0 Å². The average Bonchev–Trinajstić information content (AvgIpc) is 2.74. The second-order valence-electron chi connectivity index (χ2n) is 4.36. The van der Waals surface area contributed by atoms with E-state index in [0.717, 1.165) is 19.3 Å². The molecule has 0 aromatic carbocycles. The molecule has 1 saturated carbocycles. The summed E-state index contributed by atoms with van der Waals surface area (Å²) in [4.78, 5) is 4.37. The Labute approximate surface area is 100 Å². The van der Waals surface area contributed by atoms with Gasteiger partial charge in [-0.15, -0.1) is 0 Å². The Morgan fingerprint density at radius 3 is 2.71 bits per heavy atom. The van der Waals surface area contributed by atoms with Crippen LogP contribution in [0.3, 0.4) is 0 Å². The highest BCUT2D eigenvalue weighted by Crippen LogP contribution is 2.42. The minimum atomic E-state index is -0.326. The van der Waals surface area contributed by atoms with E-state index in [1.165, 1.54) is 0 Å². The number of aromatic nitrogens is 2. The van der Waals surface area contributed by atoms with Crippen LogP contribution in [-0.4, -0.2) is 37.0 Å². The van der Waals surface area contributed by atoms with Crippen LogP contribution in [0.15, 0.2) is 4.52 Å². The number of nitrogens with zero attached hydrogens (tertiary/aromatic N) is 2. The van der Waals surface area contributed by atoms with Crippen molar-refractivity contribution in [1.82, 2.24) is 10.1 Å². The fourth-order valence-corrected chi connectivity index (χ4v) is 2.00. The van der Waals surface area contributed by atoms with E-state index in [1.54, 1.807) is 14.2 Å². The molecule has 17 heavy (non-hydrogen) atoms. The standard InChI is InChI=1S/C11H19N3O3/c1-15-8(7-12)6-9-13-10(14-17-9)11(16-2)4-3-5-11/h8H,3-7,12H2,1-2H3. The molecule has 1 aromatic rings. The molecule has 1 atom stereocenters. The topological polar surface area (TPSA) is 83.4 Å². The molecule has 6 heteroatoms. The number of rotatable bonds is 6. The molecule has 0 saturated heterocycles. The molecular weight excluding hydrogens is 222 g/mol. The quantitative estimate of drug-likeness (QED) is 0.785. The summed E-state index contributed by atoms with van der Waals surface area (Å²) in [5, 5.41) is 4.00. The maximum absolute atomic E-state index is 5.55. The van der Waals surface area contributed by atoms with Gasteiger partial charge in [0.25, 0.3) is 0 Å². The second-order valence-corrected chi connectivity index (χ2v) is 4.36. The van der Waals surface area contributed by atoms with Crippen molar-refractivity contribution >= 4 is 0 Å². The Bertz CT molecular complexity index is 353. The summed E-state index contributed by atoms with van der Waals surface area (Å²) in [7, 11) is 3.31. The van der Waals surface area contributed by atoms with Gasteiger partial charge < -0.3 is 19.7 Å². The van der Waals surface area contributed by atoms with E-state index in [1.807, 2.05) is 0 Å². The van der Waals surface area contributed by atoms with Gasteiger partial charge >= 0.3 is 0 Å². The van der Waals surface area contributed by atoms with Gasteiger partial charge in [0, 0.05) is 20.8 Å². The lowest BCUT2D eigenvalue weighted by atomic mass is 9.79. The first-order chi connectivity index (χ1) is 8.24. The van der Waals surface area contributed by atoms with Crippen molar-refractivity contribution in [2.75, 3.05) is 20.8 Å². The Balaban J connectivity index is 2.05. The zero-order valence-electron chi connectivity index (χ0n) is 10.3. The van der Waals surface area contributed by atoms with Crippen LogP contribution in [-0.2, 0) is 21.5 Å². The molecule has 2 rings (SSSR count). The van der Waals surface area contributed by atoms with E-state index >= 15 is 0 Å². The highest BCUT2D eigenvalue weighted by Gasteiger charge is 2.43. The van der Waals surface area contributed by atoms with E-state index in [2.05, 4.69) is 10.1 Å². The van der Waals surface area contributed by atoms with Gasteiger partial charge in [-0.1, -0.05) is 5.16 Å². The number of hydrogen-bond acceptors (Lipinski definition) is 6. The third kappa shape index (κ3) is 2.34. The molecule has 96 valence electrons. The summed E-state index contributed by atoms with van der Waals surface area (Å²) in [6.07, 6.45) is 3.50. The Kier molecular flexibility index (Phi) is 3.76. The molecule has 1 unspecified atom stereocenters. The third-order valence-corrected chi connectivity index (χ3v) is 3.43. The van der Waals surface area contributed by atoms with Crippen LogP contribution < -0.4 is 5.73 Å². The minimum absolute atomic E-state index is 0.0804. The average molecular weight is 241 g/mol. The summed E-state index contributed by atoms with van der Waals surface area (Å²) < 4.78 is 15.9. The van der Waals surface area contributed by atoms with Crippen molar-refractivity contribution in [2.45, 2.75) is 37.4 Å². The van der Waals surface area contributed by atoms with Gasteiger partial charge in [-0.3, -0.25) is 0 Å². The maximum atomic E-state index is 5.55. The van der Waals surface area contributed by atoms with Gasteiger partial charge in [0.05, 0.1) is 12.5 Å². The van der Waals surface area contributed by atoms with Crippen molar-refractivity contribution in [3.8, 4) is 0 Å². The smallest absolute Gasteiger partial charge is 0.229 e. The lowest BCUT2D eigenvalue weighted by Gasteiger charge is -2.37. The molecule has 0 amide bonds. The molecule has 0 aliphatic heterocycles. The Morgan fingerprint density at radius 1 is 1.47 bits per heavy atom. The number of ether oxygens (including phenoxy) is 2. The molecule has 1 aliphatic rings. The van der Waals surface area contributed by atoms with Crippen LogP contribution in [0.25, 0.3) is 0 Å². The first-order valence-corrected chi connectivity index (χ1v) is 5.85. The molecule has 6 nitrogen and oxygen atoms in total. The normalized spacial score (nSPS) is 19.9. The highest BCUT2D eigenvalue weighted by atomic mass is 16.5. The third-order valence-electron chi connectivity index (χ3n) is 3.43. The first-order valence-electron chi connectivity index (χ1n) is 5.85. The summed E-state index contributed by atoms with van der Waals surface area (Å²) >= 11 is 0. The van der Waals surface area contributed by atoms with Crippen molar-refractivity contribution in [3.05, 3.63) is 11.7 Å². The van der Waals surface area contributed by atoms with Gasteiger partial charge in [0.1, 0.15) is 5.60 Å². The van der Waals surface area contributed by atoms with Crippen molar-refractivity contribution < 1.29 is 14.0 Å². The van der Waals surface area contributed by atoms with Crippen LogP contribution in [0.1, 0.15) is 31.0 Å². The van der Waals surface area contributed by atoms with Crippen LogP contribution in [0, 0.1) is 0 Å². The lowest BCUT2D eigenvalue weighted by Crippen LogP contribution is -2.37. The van der Waals surface area contributed by atoms with Crippen LogP contribution in [0.5, 0.6) is 0 Å². The van der Waals surface area contributed by atoms with E-state index in [9.17, 15) is 0 Å².